The van der Waals surface area contributed by atoms with Crippen molar-refractivity contribution in [3.63, 3.8) is 0 Å². The Morgan fingerprint density at radius 3 is 2.43 bits per heavy atom. The monoisotopic (exact) mass is 195 g/mol. The fourth-order valence-corrected chi connectivity index (χ4v) is 2.97. The summed E-state index contributed by atoms with van der Waals surface area (Å²) in [6.07, 6.45) is 10.2. The highest BCUT2D eigenvalue weighted by molar-refractivity contribution is 5.76. The van der Waals surface area contributed by atoms with Crippen LogP contribution in [-0.2, 0) is 4.79 Å². The molecule has 0 aromatic heterocycles. The highest BCUT2D eigenvalue weighted by atomic mass is 16.1. The molecule has 2 fully saturated rings. The van der Waals surface area contributed by atoms with Gasteiger partial charge in [-0.25, -0.2) is 0 Å². The molecule has 0 bridgehead atoms. The largest absolute Gasteiger partial charge is 0.356 e. The van der Waals surface area contributed by atoms with Crippen LogP contribution in [0, 0.1) is 11.8 Å². The maximum absolute atomic E-state index is 11.2. The summed E-state index contributed by atoms with van der Waals surface area (Å²) in [6, 6.07) is 0. The van der Waals surface area contributed by atoms with Crippen molar-refractivity contribution < 1.29 is 4.79 Å². The standard InChI is InChI=1S/C12H21NO/c14-12-8-4-7-11(9-13-12)10-5-2-1-3-6-10/h10-11H,1-9H2,(H,13,14). The summed E-state index contributed by atoms with van der Waals surface area (Å²) in [5.74, 6) is 1.95. The molecular formula is C12H21NO. The minimum Gasteiger partial charge on any atom is -0.356 e. The molecular weight excluding hydrogens is 174 g/mol. The van der Waals surface area contributed by atoms with E-state index in [0.717, 1.165) is 31.2 Å². The van der Waals surface area contributed by atoms with Crippen LogP contribution in [0.5, 0.6) is 0 Å². The first-order chi connectivity index (χ1) is 6.86. The van der Waals surface area contributed by atoms with Gasteiger partial charge >= 0.3 is 0 Å². The van der Waals surface area contributed by atoms with Gasteiger partial charge in [-0.1, -0.05) is 32.1 Å². The average molecular weight is 195 g/mol. The third-order valence-corrected chi connectivity index (χ3v) is 3.86. The van der Waals surface area contributed by atoms with Crippen molar-refractivity contribution in [2.75, 3.05) is 6.54 Å². The first-order valence-electron chi connectivity index (χ1n) is 6.13. The lowest BCUT2D eigenvalue weighted by Gasteiger charge is -2.29. The molecule has 2 heteroatoms. The molecule has 1 heterocycles. The molecule has 0 aromatic carbocycles. The summed E-state index contributed by atoms with van der Waals surface area (Å²) in [4.78, 5) is 11.2. The van der Waals surface area contributed by atoms with Crippen molar-refractivity contribution in [1.82, 2.24) is 5.32 Å². The number of rotatable bonds is 1. The van der Waals surface area contributed by atoms with Gasteiger partial charge < -0.3 is 5.32 Å². The van der Waals surface area contributed by atoms with Gasteiger partial charge in [-0.2, -0.15) is 0 Å². The average Bonchev–Trinajstić information content (AvgIpc) is 2.44. The maximum Gasteiger partial charge on any atom is 0.220 e. The van der Waals surface area contributed by atoms with Crippen LogP contribution in [0.25, 0.3) is 0 Å². The minimum absolute atomic E-state index is 0.267. The van der Waals surface area contributed by atoms with Crippen LogP contribution in [0.1, 0.15) is 51.4 Å². The molecule has 0 spiro atoms. The van der Waals surface area contributed by atoms with E-state index in [9.17, 15) is 4.79 Å². The Kier molecular flexibility index (Phi) is 3.44. The predicted molar refractivity (Wildman–Crippen MR) is 56.9 cm³/mol. The molecule has 1 aliphatic heterocycles. The number of nitrogens with one attached hydrogen (secondary N) is 1. The van der Waals surface area contributed by atoms with Crippen LogP contribution in [0.4, 0.5) is 0 Å². The van der Waals surface area contributed by atoms with Crippen LogP contribution in [0.3, 0.4) is 0 Å². The fourth-order valence-electron chi connectivity index (χ4n) is 2.97. The molecule has 1 N–H and O–H groups in total. The van der Waals surface area contributed by atoms with E-state index in [0.29, 0.717) is 0 Å². The molecule has 1 saturated heterocycles. The van der Waals surface area contributed by atoms with Gasteiger partial charge in [-0.05, 0) is 24.7 Å². The van der Waals surface area contributed by atoms with E-state index in [4.69, 9.17) is 0 Å². The van der Waals surface area contributed by atoms with E-state index in [1.54, 1.807) is 0 Å². The first kappa shape index (κ1) is 10.0. The summed E-state index contributed by atoms with van der Waals surface area (Å²) < 4.78 is 0. The molecule has 1 unspecified atom stereocenters. The third-order valence-electron chi connectivity index (χ3n) is 3.86. The minimum atomic E-state index is 0.267. The molecule has 2 rings (SSSR count). The van der Waals surface area contributed by atoms with Gasteiger partial charge in [0.25, 0.3) is 0 Å². The van der Waals surface area contributed by atoms with E-state index in [1.807, 2.05) is 0 Å². The highest BCUT2D eigenvalue weighted by Crippen LogP contribution is 2.33. The van der Waals surface area contributed by atoms with Gasteiger partial charge in [0, 0.05) is 13.0 Å². The Hall–Kier alpha value is -0.530. The lowest BCUT2D eigenvalue weighted by Crippen LogP contribution is -2.30. The Bertz CT molecular complexity index is 196. The van der Waals surface area contributed by atoms with Crippen molar-refractivity contribution in [2.24, 2.45) is 11.8 Å². The van der Waals surface area contributed by atoms with Crippen LogP contribution < -0.4 is 5.32 Å². The van der Waals surface area contributed by atoms with Gasteiger partial charge in [0.2, 0.25) is 5.91 Å². The number of hydrogen-bond acceptors (Lipinski definition) is 1. The predicted octanol–water partition coefficient (Wildman–Crippen LogP) is 2.48. The molecule has 80 valence electrons. The van der Waals surface area contributed by atoms with Gasteiger partial charge in [0.05, 0.1) is 0 Å². The molecule has 1 saturated carbocycles. The highest BCUT2D eigenvalue weighted by Gasteiger charge is 2.25. The molecule has 14 heavy (non-hydrogen) atoms. The zero-order valence-electron chi connectivity index (χ0n) is 8.93. The molecule has 1 aliphatic carbocycles. The zero-order valence-corrected chi connectivity index (χ0v) is 8.93. The topological polar surface area (TPSA) is 29.1 Å². The van der Waals surface area contributed by atoms with Gasteiger partial charge in [0.15, 0.2) is 0 Å². The fraction of sp³-hybridized carbons (Fsp3) is 0.917. The van der Waals surface area contributed by atoms with Gasteiger partial charge in [-0.15, -0.1) is 0 Å². The summed E-state index contributed by atoms with van der Waals surface area (Å²) in [5.41, 5.74) is 0. The van der Waals surface area contributed by atoms with Gasteiger partial charge in [-0.3, -0.25) is 4.79 Å². The van der Waals surface area contributed by atoms with Crippen molar-refractivity contribution >= 4 is 5.91 Å². The van der Waals surface area contributed by atoms with Crippen molar-refractivity contribution in [3.8, 4) is 0 Å². The summed E-state index contributed by atoms with van der Waals surface area (Å²) in [6.45, 7) is 0.948. The van der Waals surface area contributed by atoms with Crippen LogP contribution in [0.2, 0.25) is 0 Å². The van der Waals surface area contributed by atoms with E-state index >= 15 is 0 Å². The molecule has 2 aliphatic rings. The maximum atomic E-state index is 11.2. The SMILES string of the molecule is O=C1CCCC(C2CCCCC2)CN1. The van der Waals surface area contributed by atoms with E-state index in [1.165, 1.54) is 38.5 Å². The Morgan fingerprint density at radius 2 is 1.64 bits per heavy atom. The molecule has 0 aromatic rings. The quantitative estimate of drug-likeness (QED) is 0.684. The summed E-state index contributed by atoms with van der Waals surface area (Å²) >= 11 is 0. The van der Waals surface area contributed by atoms with E-state index in [2.05, 4.69) is 5.32 Å². The summed E-state index contributed by atoms with van der Waals surface area (Å²) in [5, 5.41) is 3.05. The van der Waals surface area contributed by atoms with Crippen LogP contribution in [-0.4, -0.2) is 12.5 Å². The van der Waals surface area contributed by atoms with Crippen molar-refractivity contribution in [1.29, 1.82) is 0 Å². The third kappa shape index (κ3) is 2.49. The Balaban J connectivity index is 1.86. The van der Waals surface area contributed by atoms with E-state index < -0.39 is 0 Å². The number of amides is 1. The number of carbonyl (C=O) groups excluding carboxylic acids is 1. The van der Waals surface area contributed by atoms with E-state index in [-0.39, 0.29) is 5.91 Å². The number of hydrogen-bond donors (Lipinski definition) is 1. The smallest absolute Gasteiger partial charge is 0.220 e. The van der Waals surface area contributed by atoms with Gasteiger partial charge in [0.1, 0.15) is 0 Å². The molecule has 2 nitrogen and oxygen atoms in total. The summed E-state index contributed by atoms with van der Waals surface area (Å²) in [7, 11) is 0. The first-order valence-corrected chi connectivity index (χ1v) is 6.13. The normalized spacial score (nSPS) is 30.9. The van der Waals surface area contributed by atoms with Crippen LogP contribution in [0.15, 0.2) is 0 Å². The molecule has 0 radical (unpaired) electrons. The Labute approximate surface area is 86.5 Å². The lowest BCUT2D eigenvalue weighted by molar-refractivity contribution is -0.120. The molecule has 1 amide bonds. The lowest BCUT2D eigenvalue weighted by atomic mass is 9.78. The van der Waals surface area contributed by atoms with Crippen molar-refractivity contribution in [2.45, 2.75) is 51.4 Å². The number of carbonyl (C=O) groups is 1. The zero-order chi connectivity index (χ0) is 9.80. The second-order valence-corrected chi connectivity index (χ2v) is 4.85. The Morgan fingerprint density at radius 1 is 0.929 bits per heavy atom. The second kappa shape index (κ2) is 4.81. The van der Waals surface area contributed by atoms with Crippen LogP contribution >= 0.6 is 0 Å². The second-order valence-electron chi connectivity index (χ2n) is 4.85. The van der Waals surface area contributed by atoms with Crippen molar-refractivity contribution in [3.05, 3.63) is 0 Å². The molecule has 1 atom stereocenters.